The third-order valence-corrected chi connectivity index (χ3v) is 3.55. The summed E-state index contributed by atoms with van der Waals surface area (Å²) in [6.07, 6.45) is 2.65. The van der Waals surface area contributed by atoms with Crippen LogP contribution in [0.15, 0.2) is 18.2 Å². The van der Waals surface area contributed by atoms with Gasteiger partial charge < -0.3 is 16.0 Å². The fraction of sp³-hybridized carbons (Fsp3) is 0.462. The van der Waals surface area contributed by atoms with Crippen LogP contribution in [0.3, 0.4) is 0 Å². The average Bonchev–Trinajstić information content (AvgIpc) is 2.35. The van der Waals surface area contributed by atoms with Gasteiger partial charge in [-0.2, -0.15) is 11.8 Å². The van der Waals surface area contributed by atoms with Crippen LogP contribution in [0.2, 0.25) is 5.02 Å². The second-order valence-electron chi connectivity index (χ2n) is 4.43. The molecule has 0 aliphatic carbocycles. The molecule has 106 valence electrons. The van der Waals surface area contributed by atoms with Crippen LogP contribution in [0.4, 0.5) is 11.4 Å². The van der Waals surface area contributed by atoms with Gasteiger partial charge in [-0.15, -0.1) is 0 Å². The molecule has 19 heavy (non-hydrogen) atoms. The van der Waals surface area contributed by atoms with Gasteiger partial charge in [-0.25, -0.2) is 0 Å². The van der Waals surface area contributed by atoms with Gasteiger partial charge in [-0.3, -0.25) is 4.79 Å². The van der Waals surface area contributed by atoms with E-state index in [0.717, 1.165) is 11.4 Å². The second kappa shape index (κ2) is 7.62. The molecule has 0 aliphatic heterocycles. The van der Waals surface area contributed by atoms with Crippen molar-refractivity contribution >= 4 is 40.6 Å². The molecule has 4 nitrogen and oxygen atoms in total. The third kappa shape index (κ3) is 4.93. The number of hydrogen-bond donors (Lipinski definition) is 2. The summed E-state index contributed by atoms with van der Waals surface area (Å²) < 4.78 is 0. The Labute approximate surface area is 123 Å². The van der Waals surface area contributed by atoms with E-state index in [1.807, 2.05) is 31.3 Å². The number of anilines is 2. The van der Waals surface area contributed by atoms with E-state index in [4.69, 9.17) is 17.3 Å². The largest absolute Gasteiger partial charge is 0.376 e. The van der Waals surface area contributed by atoms with Gasteiger partial charge in [0.15, 0.2) is 0 Å². The van der Waals surface area contributed by atoms with E-state index in [9.17, 15) is 4.79 Å². The highest BCUT2D eigenvalue weighted by Crippen LogP contribution is 2.27. The molecule has 0 heterocycles. The maximum atomic E-state index is 12.0. The van der Waals surface area contributed by atoms with Crippen LogP contribution >= 0.6 is 23.4 Å². The Morgan fingerprint density at radius 3 is 2.79 bits per heavy atom. The highest BCUT2D eigenvalue weighted by molar-refractivity contribution is 7.98. The molecule has 0 spiro atoms. The summed E-state index contributed by atoms with van der Waals surface area (Å²) >= 11 is 7.64. The molecule has 0 unspecified atom stereocenters. The highest BCUT2D eigenvalue weighted by Gasteiger charge is 2.15. The minimum atomic E-state index is -0.499. The number of nitrogens with zero attached hydrogens (tertiary/aromatic N) is 1. The van der Waals surface area contributed by atoms with Gasteiger partial charge in [0.05, 0.1) is 17.4 Å². The van der Waals surface area contributed by atoms with Crippen LogP contribution in [-0.4, -0.2) is 38.1 Å². The van der Waals surface area contributed by atoms with Crippen molar-refractivity contribution in [1.82, 2.24) is 0 Å². The van der Waals surface area contributed by atoms with Gasteiger partial charge in [-0.05, 0) is 36.6 Å². The van der Waals surface area contributed by atoms with Crippen molar-refractivity contribution in [2.75, 3.05) is 36.3 Å². The first kappa shape index (κ1) is 16.1. The van der Waals surface area contributed by atoms with E-state index in [1.165, 1.54) is 0 Å². The van der Waals surface area contributed by atoms with Crippen LogP contribution < -0.4 is 16.0 Å². The SMILES string of the molecule is CSCC[C@H](N)C(=O)Nc1cc(Cl)ccc1N(C)C. The lowest BCUT2D eigenvalue weighted by molar-refractivity contribution is -0.117. The van der Waals surface area contributed by atoms with E-state index in [2.05, 4.69) is 5.32 Å². The fourth-order valence-electron chi connectivity index (χ4n) is 1.60. The van der Waals surface area contributed by atoms with Gasteiger partial charge in [0.1, 0.15) is 0 Å². The Bertz CT molecular complexity index is 440. The van der Waals surface area contributed by atoms with Crippen molar-refractivity contribution in [3.8, 4) is 0 Å². The standard InChI is InChI=1S/C13H20ClN3OS/c1-17(2)12-5-4-9(14)8-11(12)16-13(18)10(15)6-7-19-3/h4-5,8,10H,6-7,15H2,1-3H3,(H,16,18)/t10-/m0/s1. The molecule has 0 saturated heterocycles. The van der Waals surface area contributed by atoms with Crippen LogP contribution in [0, 0.1) is 0 Å². The highest BCUT2D eigenvalue weighted by atomic mass is 35.5. The van der Waals surface area contributed by atoms with E-state index >= 15 is 0 Å². The van der Waals surface area contributed by atoms with E-state index in [0.29, 0.717) is 17.1 Å². The van der Waals surface area contributed by atoms with Crippen LogP contribution in [0.25, 0.3) is 0 Å². The Balaban J connectivity index is 2.80. The monoisotopic (exact) mass is 301 g/mol. The number of nitrogens with two attached hydrogens (primary N) is 1. The minimum absolute atomic E-state index is 0.181. The molecule has 0 bridgehead atoms. The van der Waals surface area contributed by atoms with Crippen molar-refractivity contribution in [2.45, 2.75) is 12.5 Å². The Kier molecular flexibility index (Phi) is 6.48. The number of nitrogens with one attached hydrogen (secondary N) is 1. The molecular formula is C13H20ClN3OS. The lowest BCUT2D eigenvalue weighted by atomic mass is 10.2. The van der Waals surface area contributed by atoms with Crippen LogP contribution in [-0.2, 0) is 4.79 Å². The predicted octanol–water partition coefficient (Wildman–Crippen LogP) is 2.42. The normalized spacial score (nSPS) is 12.1. The zero-order chi connectivity index (χ0) is 14.4. The smallest absolute Gasteiger partial charge is 0.241 e. The molecule has 1 aromatic carbocycles. The zero-order valence-corrected chi connectivity index (χ0v) is 13.0. The van der Waals surface area contributed by atoms with Gasteiger partial charge in [0, 0.05) is 19.1 Å². The van der Waals surface area contributed by atoms with E-state index in [1.54, 1.807) is 23.9 Å². The zero-order valence-electron chi connectivity index (χ0n) is 11.4. The summed E-state index contributed by atoms with van der Waals surface area (Å²) in [4.78, 5) is 13.9. The van der Waals surface area contributed by atoms with E-state index < -0.39 is 6.04 Å². The summed E-state index contributed by atoms with van der Waals surface area (Å²) in [5, 5.41) is 3.42. The lowest BCUT2D eigenvalue weighted by Gasteiger charge is -2.19. The molecular weight excluding hydrogens is 282 g/mol. The summed E-state index contributed by atoms with van der Waals surface area (Å²) in [6, 6.07) is 4.89. The van der Waals surface area contributed by atoms with Crippen LogP contribution in [0.1, 0.15) is 6.42 Å². The molecule has 0 saturated carbocycles. The number of benzene rings is 1. The molecule has 1 rings (SSSR count). The number of thioether (sulfide) groups is 1. The number of amides is 1. The minimum Gasteiger partial charge on any atom is -0.376 e. The van der Waals surface area contributed by atoms with Crippen LogP contribution in [0.5, 0.6) is 0 Å². The topological polar surface area (TPSA) is 58.4 Å². The van der Waals surface area contributed by atoms with Gasteiger partial charge >= 0.3 is 0 Å². The van der Waals surface area contributed by atoms with E-state index in [-0.39, 0.29) is 5.91 Å². The first-order chi connectivity index (χ1) is 8.95. The summed E-state index contributed by atoms with van der Waals surface area (Å²) in [6.45, 7) is 0. The maximum absolute atomic E-state index is 12.0. The molecule has 1 amide bonds. The van der Waals surface area contributed by atoms with Crippen molar-refractivity contribution in [3.05, 3.63) is 23.2 Å². The lowest BCUT2D eigenvalue weighted by Crippen LogP contribution is -2.36. The predicted molar refractivity (Wildman–Crippen MR) is 85.4 cm³/mol. The average molecular weight is 302 g/mol. The fourth-order valence-corrected chi connectivity index (χ4v) is 2.26. The van der Waals surface area contributed by atoms with Crippen molar-refractivity contribution < 1.29 is 4.79 Å². The molecule has 0 aromatic heterocycles. The quantitative estimate of drug-likeness (QED) is 0.847. The van der Waals surface area contributed by atoms with Gasteiger partial charge in [0.25, 0.3) is 0 Å². The third-order valence-electron chi connectivity index (χ3n) is 2.67. The number of carbonyl (C=O) groups excluding carboxylic acids is 1. The molecule has 1 atom stereocenters. The Morgan fingerprint density at radius 2 is 2.21 bits per heavy atom. The molecule has 0 radical (unpaired) electrons. The molecule has 0 aliphatic rings. The first-order valence-electron chi connectivity index (χ1n) is 5.98. The summed E-state index contributed by atoms with van der Waals surface area (Å²) in [7, 11) is 3.82. The number of hydrogen-bond acceptors (Lipinski definition) is 4. The van der Waals surface area contributed by atoms with Gasteiger partial charge in [-0.1, -0.05) is 11.6 Å². The summed E-state index contributed by atoms with van der Waals surface area (Å²) in [5.41, 5.74) is 7.42. The molecule has 0 fully saturated rings. The molecule has 6 heteroatoms. The number of halogens is 1. The first-order valence-corrected chi connectivity index (χ1v) is 7.75. The Hall–Kier alpha value is -0.910. The Morgan fingerprint density at radius 1 is 1.53 bits per heavy atom. The maximum Gasteiger partial charge on any atom is 0.241 e. The van der Waals surface area contributed by atoms with Crippen molar-refractivity contribution in [1.29, 1.82) is 0 Å². The number of carbonyl (C=O) groups is 1. The number of rotatable bonds is 6. The van der Waals surface area contributed by atoms with Crippen molar-refractivity contribution in [2.24, 2.45) is 5.73 Å². The molecule has 1 aromatic rings. The summed E-state index contributed by atoms with van der Waals surface area (Å²) in [5.74, 6) is 0.685. The van der Waals surface area contributed by atoms with Crippen molar-refractivity contribution in [3.63, 3.8) is 0 Å². The molecule has 3 N–H and O–H groups in total. The second-order valence-corrected chi connectivity index (χ2v) is 5.86. The van der Waals surface area contributed by atoms with Gasteiger partial charge in [0.2, 0.25) is 5.91 Å².